The highest BCUT2D eigenvalue weighted by molar-refractivity contribution is 5.91. The van der Waals surface area contributed by atoms with Gasteiger partial charge in [0.2, 0.25) is 0 Å². The third-order valence-electron chi connectivity index (χ3n) is 7.24. The molecule has 0 bridgehead atoms. The predicted octanol–water partition coefficient (Wildman–Crippen LogP) is 4.49. The molecule has 5 rings (SSSR count). The zero-order chi connectivity index (χ0) is 28.2. The lowest BCUT2D eigenvalue weighted by molar-refractivity contribution is 0.178. The number of ether oxygens (including phenoxy) is 1. The molecule has 0 unspecified atom stereocenters. The van der Waals surface area contributed by atoms with Crippen molar-refractivity contribution in [3.8, 4) is 16.9 Å². The number of nitrogens with one attached hydrogen (secondary N) is 2. The minimum absolute atomic E-state index is 0.213. The van der Waals surface area contributed by atoms with Gasteiger partial charge < -0.3 is 15.0 Å². The van der Waals surface area contributed by atoms with Crippen LogP contribution in [0.4, 0.5) is 19.4 Å². The Kier molecular flexibility index (Phi) is 8.22. The van der Waals surface area contributed by atoms with E-state index in [2.05, 4.69) is 20.6 Å². The number of methoxy groups -OCH3 is 1. The number of aryl methyl sites for hydroxylation is 1. The Morgan fingerprint density at radius 3 is 2.62 bits per heavy atom. The number of urea groups is 1. The van der Waals surface area contributed by atoms with Gasteiger partial charge in [0.1, 0.15) is 11.5 Å². The second-order valence-electron chi connectivity index (χ2n) is 10.1. The van der Waals surface area contributed by atoms with E-state index in [4.69, 9.17) is 9.84 Å². The minimum Gasteiger partial charge on any atom is -0.385 e. The van der Waals surface area contributed by atoms with Crippen molar-refractivity contribution < 1.29 is 18.3 Å². The lowest BCUT2D eigenvalue weighted by Gasteiger charge is -2.21. The monoisotopic (exact) mass is 549 g/mol. The molecule has 0 aliphatic carbocycles. The molecule has 40 heavy (non-hydrogen) atoms. The Labute approximate surface area is 231 Å². The Morgan fingerprint density at radius 2 is 1.93 bits per heavy atom. The van der Waals surface area contributed by atoms with E-state index in [9.17, 15) is 13.6 Å². The van der Waals surface area contributed by atoms with Gasteiger partial charge in [-0.05, 0) is 43.2 Å². The van der Waals surface area contributed by atoms with E-state index < -0.39 is 17.7 Å². The lowest BCUT2D eigenvalue weighted by Crippen LogP contribution is -2.42. The molecule has 4 aromatic rings. The van der Waals surface area contributed by atoms with E-state index in [0.29, 0.717) is 36.8 Å². The first-order valence-electron chi connectivity index (χ1n) is 13.2. The number of carbonyl (C=O) groups is 1. The first kappa shape index (κ1) is 27.5. The molecule has 3 heterocycles. The van der Waals surface area contributed by atoms with Gasteiger partial charge in [0.05, 0.1) is 17.9 Å². The van der Waals surface area contributed by atoms with Gasteiger partial charge in [-0.25, -0.2) is 18.3 Å². The minimum atomic E-state index is -0.899. The summed E-state index contributed by atoms with van der Waals surface area (Å²) < 4.78 is 36.4. The maximum Gasteiger partial charge on any atom is 0.320 e. The van der Waals surface area contributed by atoms with Crippen molar-refractivity contribution in [2.24, 2.45) is 7.05 Å². The van der Waals surface area contributed by atoms with Crippen LogP contribution in [-0.4, -0.2) is 69.9 Å². The number of rotatable bonds is 9. The van der Waals surface area contributed by atoms with Gasteiger partial charge in [0.25, 0.3) is 0 Å². The van der Waals surface area contributed by atoms with Gasteiger partial charge in [0.15, 0.2) is 11.6 Å². The maximum atomic E-state index is 14.1. The molecule has 210 valence electrons. The molecule has 2 amide bonds. The SMILES string of the molecule is COCCCN1C[C@@H](NC(=O)Nc2c(C)c(-c3cnn(C)c3)nn2-c2ccccc2)[C@H](c2ccc(F)c(F)c2)C1. The van der Waals surface area contributed by atoms with E-state index in [0.717, 1.165) is 35.8 Å². The highest BCUT2D eigenvalue weighted by atomic mass is 19.2. The number of aromatic nitrogens is 4. The molecular formula is C29H33F2N7O2. The van der Waals surface area contributed by atoms with E-state index >= 15 is 0 Å². The van der Waals surface area contributed by atoms with Gasteiger partial charge in [0, 0.05) is 63.6 Å². The highest BCUT2D eigenvalue weighted by Gasteiger charge is 2.35. The van der Waals surface area contributed by atoms with Gasteiger partial charge in [-0.3, -0.25) is 10.00 Å². The summed E-state index contributed by atoms with van der Waals surface area (Å²) in [4.78, 5) is 15.7. The molecule has 2 aromatic heterocycles. The van der Waals surface area contributed by atoms with E-state index in [-0.39, 0.29) is 12.0 Å². The van der Waals surface area contributed by atoms with E-state index in [1.54, 1.807) is 28.7 Å². The van der Waals surface area contributed by atoms with Crippen molar-refractivity contribution in [1.29, 1.82) is 0 Å². The molecule has 2 N–H and O–H groups in total. The van der Waals surface area contributed by atoms with Crippen LogP contribution >= 0.6 is 0 Å². The number of nitrogens with zero attached hydrogens (tertiary/aromatic N) is 5. The highest BCUT2D eigenvalue weighted by Crippen LogP contribution is 2.32. The van der Waals surface area contributed by atoms with Crippen molar-refractivity contribution in [2.75, 3.05) is 38.7 Å². The fourth-order valence-corrected chi connectivity index (χ4v) is 5.26. The third-order valence-corrected chi connectivity index (χ3v) is 7.24. The lowest BCUT2D eigenvalue weighted by atomic mass is 9.94. The molecule has 1 fully saturated rings. The Balaban J connectivity index is 1.40. The van der Waals surface area contributed by atoms with Crippen molar-refractivity contribution in [1.82, 2.24) is 29.8 Å². The molecule has 0 spiro atoms. The van der Waals surface area contributed by atoms with Crippen LogP contribution in [0.3, 0.4) is 0 Å². The average Bonchev–Trinajstić information content (AvgIpc) is 3.64. The molecule has 9 nitrogen and oxygen atoms in total. The smallest absolute Gasteiger partial charge is 0.320 e. The Hall–Kier alpha value is -4.09. The van der Waals surface area contributed by atoms with Crippen LogP contribution in [0.2, 0.25) is 0 Å². The van der Waals surface area contributed by atoms with Gasteiger partial charge >= 0.3 is 6.03 Å². The number of carbonyl (C=O) groups excluding carboxylic acids is 1. The molecular weight excluding hydrogens is 516 g/mol. The van der Waals surface area contributed by atoms with E-state index in [1.165, 1.54) is 6.07 Å². The zero-order valence-electron chi connectivity index (χ0n) is 22.8. The molecule has 2 aromatic carbocycles. The van der Waals surface area contributed by atoms with Crippen LogP contribution in [0.5, 0.6) is 0 Å². The summed E-state index contributed by atoms with van der Waals surface area (Å²) in [6.07, 6.45) is 4.43. The van der Waals surface area contributed by atoms with E-state index in [1.807, 2.05) is 50.5 Å². The van der Waals surface area contributed by atoms with Crippen molar-refractivity contribution >= 4 is 11.8 Å². The number of para-hydroxylation sites is 1. The number of hydrogen-bond acceptors (Lipinski definition) is 5. The summed E-state index contributed by atoms with van der Waals surface area (Å²) in [6, 6.07) is 12.8. The molecule has 1 saturated heterocycles. The normalized spacial score (nSPS) is 17.3. The number of anilines is 1. The topological polar surface area (TPSA) is 89.2 Å². The standard InChI is InChI=1S/C29H33F2N7O2/c1-19-27(21-15-32-36(2)16-21)35-38(22-8-5-4-6-9-22)28(19)34-29(39)33-26-18-37(12-7-13-40-3)17-23(26)20-10-11-24(30)25(31)14-20/h4-6,8-11,14-16,23,26H,7,12-13,17-18H2,1-3H3,(H2,33,34,39)/t23-,26+/m0/s1. The zero-order valence-corrected chi connectivity index (χ0v) is 22.8. The van der Waals surface area contributed by atoms with Crippen molar-refractivity contribution in [3.05, 3.63) is 83.7 Å². The van der Waals surface area contributed by atoms with Crippen LogP contribution in [0.15, 0.2) is 60.9 Å². The number of likely N-dealkylation sites (tertiary alicyclic amines) is 1. The number of halogens is 2. The van der Waals surface area contributed by atoms with Crippen LogP contribution in [0, 0.1) is 18.6 Å². The predicted molar refractivity (Wildman–Crippen MR) is 148 cm³/mol. The molecule has 1 aliphatic rings. The summed E-state index contributed by atoms with van der Waals surface area (Å²) in [5.41, 5.74) is 3.76. The van der Waals surface area contributed by atoms with Crippen LogP contribution in [0.1, 0.15) is 23.5 Å². The Bertz CT molecular complexity index is 1470. The molecule has 1 aliphatic heterocycles. The van der Waals surface area contributed by atoms with Crippen molar-refractivity contribution in [3.63, 3.8) is 0 Å². The summed E-state index contributed by atoms with van der Waals surface area (Å²) in [5.74, 6) is -1.48. The average molecular weight is 550 g/mol. The summed E-state index contributed by atoms with van der Waals surface area (Å²) in [6.45, 7) is 4.46. The number of benzene rings is 2. The van der Waals surface area contributed by atoms with Crippen LogP contribution < -0.4 is 10.6 Å². The first-order chi connectivity index (χ1) is 19.3. The molecule has 0 saturated carbocycles. The van der Waals surface area contributed by atoms with Gasteiger partial charge in [-0.1, -0.05) is 24.3 Å². The second-order valence-corrected chi connectivity index (χ2v) is 10.1. The van der Waals surface area contributed by atoms with Crippen molar-refractivity contribution in [2.45, 2.75) is 25.3 Å². The number of hydrogen-bond donors (Lipinski definition) is 2. The fraction of sp³-hybridized carbons (Fsp3) is 0.345. The Morgan fingerprint density at radius 1 is 1.12 bits per heavy atom. The third kappa shape index (κ3) is 5.90. The quantitative estimate of drug-likeness (QED) is 0.301. The number of amides is 2. The second kappa shape index (κ2) is 12.0. The maximum absolute atomic E-state index is 14.1. The van der Waals surface area contributed by atoms with Gasteiger partial charge in [-0.2, -0.15) is 10.2 Å². The fourth-order valence-electron chi connectivity index (χ4n) is 5.26. The summed E-state index contributed by atoms with van der Waals surface area (Å²) in [7, 11) is 3.49. The van der Waals surface area contributed by atoms with Gasteiger partial charge in [-0.15, -0.1) is 0 Å². The molecule has 11 heteroatoms. The molecule has 2 atom stereocenters. The van der Waals surface area contributed by atoms with Crippen LogP contribution in [-0.2, 0) is 11.8 Å². The summed E-state index contributed by atoms with van der Waals surface area (Å²) >= 11 is 0. The van der Waals surface area contributed by atoms with Crippen LogP contribution in [0.25, 0.3) is 16.9 Å². The first-order valence-corrected chi connectivity index (χ1v) is 13.2. The summed E-state index contributed by atoms with van der Waals surface area (Å²) in [5, 5.41) is 15.2. The largest absolute Gasteiger partial charge is 0.385 e. The molecule has 0 radical (unpaired) electrons.